The average molecular weight is 257 g/mol. The van der Waals surface area contributed by atoms with Crippen LogP contribution in [0.2, 0.25) is 0 Å². The third kappa shape index (κ3) is 1.73. The predicted molar refractivity (Wildman–Crippen MR) is 56.3 cm³/mol. The first kappa shape index (κ1) is 9.48. The Morgan fingerprint density at radius 1 is 1.50 bits per heavy atom. The highest BCUT2D eigenvalue weighted by molar-refractivity contribution is 9.10. The Balaban J connectivity index is 2.37. The molecule has 0 radical (unpaired) electrons. The monoisotopic (exact) mass is 256 g/mol. The molecule has 4 nitrogen and oxygen atoms in total. The van der Waals surface area contributed by atoms with Crippen LogP contribution in [0.25, 0.3) is 11.0 Å². The van der Waals surface area contributed by atoms with E-state index < -0.39 is 0 Å². The number of benzene rings is 1. The van der Waals surface area contributed by atoms with Crippen LogP contribution in [0.1, 0.15) is 0 Å². The van der Waals surface area contributed by atoms with Gasteiger partial charge in [-0.05, 0) is 23.4 Å². The minimum atomic E-state index is 0.442. The van der Waals surface area contributed by atoms with Crippen molar-refractivity contribution in [2.75, 3.05) is 13.2 Å². The molecule has 5 heteroatoms. The van der Waals surface area contributed by atoms with E-state index >= 15 is 0 Å². The van der Waals surface area contributed by atoms with Crippen molar-refractivity contribution in [1.82, 2.24) is 5.16 Å². The molecular formula is C9H9BrN2O2. The Bertz CT molecular complexity index is 441. The summed E-state index contributed by atoms with van der Waals surface area (Å²) in [5.41, 5.74) is 6.02. The van der Waals surface area contributed by atoms with Crippen molar-refractivity contribution < 1.29 is 9.26 Å². The molecule has 1 aromatic carbocycles. The van der Waals surface area contributed by atoms with Gasteiger partial charge in [0.2, 0.25) is 0 Å². The predicted octanol–water partition coefficient (Wildman–Crippen LogP) is 1.93. The van der Waals surface area contributed by atoms with Crippen molar-refractivity contribution in [3.8, 4) is 5.88 Å². The van der Waals surface area contributed by atoms with Gasteiger partial charge in [-0.25, -0.2) is 0 Å². The maximum atomic E-state index is 5.32. The van der Waals surface area contributed by atoms with E-state index in [1.54, 1.807) is 0 Å². The maximum absolute atomic E-state index is 5.32. The molecule has 0 amide bonds. The van der Waals surface area contributed by atoms with Crippen LogP contribution in [0.5, 0.6) is 5.88 Å². The summed E-state index contributed by atoms with van der Waals surface area (Å²) < 4.78 is 11.3. The van der Waals surface area contributed by atoms with E-state index in [0.29, 0.717) is 24.6 Å². The van der Waals surface area contributed by atoms with Crippen molar-refractivity contribution in [2.45, 2.75) is 0 Å². The fraction of sp³-hybridized carbons (Fsp3) is 0.222. The molecule has 0 saturated carbocycles. The summed E-state index contributed by atoms with van der Waals surface area (Å²) in [4.78, 5) is 0. The van der Waals surface area contributed by atoms with Gasteiger partial charge in [0.1, 0.15) is 6.61 Å². The lowest BCUT2D eigenvalue weighted by Crippen LogP contribution is -2.10. The third-order valence-electron chi connectivity index (χ3n) is 1.76. The second-order valence-electron chi connectivity index (χ2n) is 2.77. The zero-order valence-electron chi connectivity index (χ0n) is 7.37. The molecular weight excluding hydrogens is 248 g/mol. The quantitative estimate of drug-likeness (QED) is 0.912. The van der Waals surface area contributed by atoms with Crippen molar-refractivity contribution in [1.29, 1.82) is 0 Å². The second kappa shape index (κ2) is 3.98. The molecule has 1 aromatic heterocycles. The fourth-order valence-corrected chi connectivity index (χ4v) is 1.49. The molecule has 0 aliphatic heterocycles. The van der Waals surface area contributed by atoms with E-state index in [9.17, 15) is 0 Å². The van der Waals surface area contributed by atoms with Gasteiger partial charge in [0.15, 0.2) is 5.58 Å². The summed E-state index contributed by atoms with van der Waals surface area (Å²) in [6, 6.07) is 5.65. The smallest absolute Gasteiger partial charge is 0.262 e. The van der Waals surface area contributed by atoms with Crippen LogP contribution in [0.3, 0.4) is 0 Å². The highest BCUT2D eigenvalue weighted by atomic mass is 79.9. The molecule has 1 heterocycles. The molecule has 0 atom stereocenters. The molecule has 0 saturated heterocycles. The lowest BCUT2D eigenvalue weighted by atomic mass is 10.3. The number of nitrogens with two attached hydrogens (primary N) is 1. The largest absolute Gasteiger partial charge is 0.474 e. The minimum absolute atomic E-state index is 0.442. The van der Waals surface area contributed by atoms with Gasteiger partial charge < -0.3 is 15.0 Å². The van der Waals surface area contributed by atoms with Gasteiger partial charge in [-0.2, -0.15) is 0 Å². The number of ether oxygens (including phenoxy) is 1. The number of rotatable bonds is 3. The van der Waals surface area contributed by atoms with E-state index in [4.69, 9.17) is 15.0 Å². The van der Waals surface area contributed by atoms with Crippen LogP contribution in [-0.2, 0) is 0 Å². The van der Waals surface area contributed by atoms with Gasteiger partial charge in [0.05, 0.1) is 5.39 Å². The molecule has 0 fully saturated rings. The number of fused-ring (bicyclic) bond motifs is 1. The summed E-state index contributed by atoms with van der Waals surface area (Å²) in [6.45, 7) is 0.905. The van der Waals surface area contributed by atoms with Crippen LogP contribution in [0.4, 0.5) is 0 Å². The Hall–Kier alpha value is -1.07. The number of hydrogen-bond acceptors (Lipinski definition) is 4. The Morgan fingerprint density at radius 2 is 2.36 bits per heavy atom. The minimum Gasteiger partial charge on any atom is -0.474 e. The molecule has 0 unspecified atom stereocenters. The van der Waals surface area contributed by atoms with E-state index in [0.717, 1.165) is 9.86 Å². The number of nitrogens with zero attached hydrogens (tertiary/aromatic N) is 1. The van der Waals surface area contributed by atoms with Gasteiger partial charge in [0.25, 0.3) is 5.88 Å². The van der Waals surface area contributed by atoms with Gasteiger partial charge in [-0.1, -0.05) is 15.9 Å². The number of hydrogen-bond donors (Lipinski definition) is 1. The molecule has 0 aliphatic carbocycles. The first-order valence-electron chi connectivity index (χ1n) is 4.19. The van der Waals surface area contributed by atoms with Gasteiger partial charge in [-0.15, -0.1) is 0 Å². The van der Waals surface area contributed by atoms with Crippen LogP contribution in [-0.4, -0.2) is 18.3 Å². The summed E-state index contributed by atoms with van der Waals surface area (Å²) in [6.07, 6.45) is 0. The van der Waals surface area contributed by atoms with Crippen molar-refractivity contribution in [3.05, 3.63) is 22.7 Å². The number of halogens is 1. The van der Waals surface area contributed by atoms with Gasteiger partial charge in [0, 0.05) is 11.0 Å². The van der Waals surface area contributed by atoms with Crippen LogP contribution < -0.4 is 10.5 Å². The fourth-order valence-electron chi connectivity index (χ4n) is 1.15. The number of aromatic nitrogens is 1. The molecule has 2 rings (SSSR count). The highest BCUT2D eigenvalue weighted by Crippen LogP contribution is 2.27. The molecule has 0 bridgehead atoms. The summed E-state index contributed by atoms with van der Waals surface area (Å²) in [5, 5.41) is 4.66. The first-order chi connectivity index (χ1) is 6.81. The zero-order valence-corrected chi connectivity index (χ0v) is 8.95. The maximum Gasteiger partial charge on any atom is 0.262 e. The lowest BCUT2D eigenvalue weighted by Gasteiger charge is -1.98. The second-order valence-corrected chi connectivity index (χ2v) is 3.68. The van der Waals surface area contributed by atoms with Gasteiger partial charge >= 0.3 is 0 Å². The summed E-state index contributed by atoms with van der Waals surface area (Å²) >= 11 is 3.35. The molecule has 74 valence electrons. The first-order valence-corrected chi connectivity index (χ1v) is 4.98. The summed E-state index contributed by atoms with van der Waals surface area (Å²) in [7, 11) is 0. The van der Waals surface area contributed by atoms with Crippen molar-refractivity contribution >= 4 is 26.9 Å². The van der Waals surface area contributed by atoms with Crippen molar-refractivity contribution in [2.24, 2.45) is 5.73 Å². The van der Waals surface area contributed by atoms with Gasteiger partial charge in [-0.3, -0.25) is 0 Å². The summed E-state index contributed by atoms with van der Waals surface area (Å²) in [5.74, 6) is 0.498. The van der Waals surface area contributed by atoms with Crippen LogP contribution >= 0.6 is 15.9 Å². The Labute approximate surface area is 89.1 Å². The highest BCUT2D eigenvalue weighted by Gasteiger charge is 2.08. The van der Waals surface area contributed by atoms with E-state index in [1.807, 2.05) is 18.2 Å². The van der Waals surface area contributed by atoms with Crippen LogP contribution in [0.15, 0.2) is 27.2 Å². The van der Waals surface area contributed by atoms with E-state index in [1.165, 1.54) is 0 Å². The van der Waals surface area contributed by atoms with E-state index in [2.05, 4.69) is 21.1 Å². The molecule has 0 spiro atoms. The normalized spacial score (nSPS) is 10.7. The third-order valence-corrected chi connectivity index (χ3v) is 2.25. The Kier molecular flexibility index (Phi) is 2.69. The molecule has 2 N–H and O–H groups in total. The molecule has 14 heavy (non-hydrogen) atoms. The topological polar surface area (TPSA) is 61.3 Å². The lowest BCUT2D eigenvalue weighted by molar-refractivity contribution is 0.293. The SMILES string of the molecule is NCCOc1noc2cc(Br)ccc12. The average Bonchev–Trinajstić information content (AvgIpc) is 2.57. The van der Waals surface area contributed by atoms with Crippen LogP contribution in [0, 0.1) is 0 Å². The van der Waals surface area contributed by atoms with E-state index in [-0.39, 0.29) is 0 Å². The zero-order chi connectivity index (χ0) is 9.97. The Morgan fingerprint density at radius 3 is 3.14 bits per heavy atom. The molecule has 0 aliphatic rings. The molecule has 2 aromatic rings. The standard InChI is InChI=1S/C9H9BrN2O2/c10-6-1-2-7-8(5-6)14-12-9(7)13-4-3-11/h1-2,5H,3-4,11H2. The van der Waals surface area contributed by atoms with Crippen molar-refractivity contribution in [3.63, 3.8) is 0 Å².